The van der Waals surface area contributed by atoms with E-state index in [2.05, 4.69) is 20.7 Å². The van der Waals surface area contributed by atoms with Gasteiger partial charge in [0.05, 0.1) is 17.3 Å². The summed E-state index contributed by atoms with van der Waals surface area (Å²) in [7, 11) is 1.81. The van der Waals surface area contributed by atoms with Crippen molar-refractivity contribution in [3.8, 4) is 0 Å². The number of rotatable bonds is 9. The van der Waals surface area contributed by atoms with Crippen molar-refractivity contribution in [2.75, 3.05) is 25.1 Å². The number of aryl methyl sites for hydroxylation is 1. The van der Waals surface area contributed by atoms with Crippen LogP contribution in [0.2, 0.25) is 0 Å². The van der Waals surface area contributed by atoms with E-state index in [1.54, 1.807) is 30.1 Å². The second kappa shape index (κ2) is 13.2. The fraction of sp³-hybridized carbons (Fsp3) is 0.424. The number of fused-ring (bicyclic) bond motifs is 2. The molecular formula is C33H37FN6O5. The first-order valence-electron chi connectivity index (χ1n) is 15.5. The number of Topliss-reactive ketones (excluding diaryl/α,β-unsaturated/α-hetero) is 1. The normalized spacial score (nSPS) is 16.8. The number of aromatic nitrogens is 3. The van der Waals surface area contributed by atoms with Crippen molar-refractivity contribution in [2.24, 2.45) is 13.0 Å². The summed E-state index contributed by atoms with van der Waals surface area (Å²) in [5, 5.41) is 11.5. The molecule has 2 aromatic heterocycles. The zero-order chi connectivity index (χ0) is 31.5. The smallest absolute Gasteiger partial charge is 0.296 e. The van der Waals surface area contributed by atoms with Crippen LogP contribution in [-0.4, -0.2) is 75.0 Å². The predicted molar refractivity (Wildman–Crippen MR) is 166 cm³/mol. The Kier molecular flexibility index (Phi) is 8.92. The highest BCUT2D eigenvalue weighted by molar-refractivity contribution is 6.45. The van der Waals surface area contributed by atoms with Crippen molar-refractivity contribution in [3.05, 3.63) is 60.2 Å². The van der Waals surface area contributed by atoms with Crippen molar-refractivity contribution < 1.29 is 28.3 Å². The minimum absolute atomic E-state index is 0.0503. The van der Waals surface area contributed by atoms with Crippen LogP contribution in [0.3, 0.4) is 0 Å². The molecule has 2 fully saturated rings. The van der Waals surface area contributed by atoms with Crippen molar-refractivity contribution in [2.45, 2.75) is 57.0 Å². The van der Waals surface area contributed by atoms with Crippen LogP contribution in [0.4, 0.5) is 10.1 Å². The summed E-state index contributed by atoms with van der Waals surface area (Å²) >= 11 is 0. The van der Waals surface area contributed by atoms with Gasteiger partial charge in [-0.3, -0.25) is 23.9 Å². The first-order valence-corrected chi connectivity index (χ1v) is 15.5. The summed E-state index contributed by atoms with van der Waals surface area (Å²) in [6.07, 6.45) is 8.44. The molecule has 3 N–H and O–H groups in total. The molecule has 236 valence electrons. The average molecular weight is 617 g/mol. The van der Waals surface area contributed by atoms with E-state index in [1.807, 2.05) is 6.07 Å². The van der Waals surface area contributed by atoms with Gasteiger partial charge in [-0.1, -0.05) is 19.3 Å². The molecule has 3 amide bonds. The Hall–Kier alpha value is -4.58. The average Bonchev–Trinajstić information content (AvgIpc) is 3.63. The Morgan fingerprint density at radius 2 is 1.84 bits per heavy atom. The zero-order valence-electron chi connectivity index (χ0n) is 25.2. The van der Waals surface area contributed by atoms with Gasteiger partial charge >= 0.3 is 0 Å². The van der Waals surface area contributed by atoms with Gasteiger partial charge in [-0.2, -0.15) is 5.10 Å². The van der Waals surface area contributed by atoms with Crippen LogP contribution in [0, 0.1) is 11.7 Å². The highest BCUT2D eigenvalue weighted by Crippen LogP contribution is 2.31. The van der Waals surface area contributed by atoms with Crippen LogP contribution >= 0.6 is 0 Å². The molecule has 1 aliphatic carbocycles. The van der Waals surface area contributed by atoms with Crippen LogP contribution < -0.4 is 10.6 Å². The van der Waals surface area contributed by atoms with Crippen LogP contribution in [-0.2, 0) is 26.2 Å². The number of aromatic amines is 1. The molecule has 1 atom stereocenters. The third kappa shape index (κ3) is 6.60. The fourth-order valence-corrected chi connectivity index (χ4v) is 6.60. The lowest BCUT2D eigenvalue weighted by Gasteiger charge is -2.37. The monoisotopic (exact) mass is 616 g/mol. The molecule has 45 heavy (non-hydrogen) atoms. The maximum absolute atomic E-state index is 14.2. The van der Waals surface area contributed by atoms with Crippen molar-refractivity contribution in [3.63, 3.8) is 0 Å². The van der Waals surface area contributed by atoms with Gasteiger partial charge in [0.25, 0.3) is 11.7 Å². The fourth-order valence-electron chi connectivity index (χ4n) is 6.60. The zero-order valence-corrected chi connectivity index (χ0v) is 25.2. The van der Waals surface area contributed by atoms with Gasteiger partial charge in [-0.05, 0) is 68.0 Å². The van der Waals surface area contributed by atoms with Gasteiger partial charge in [-0.15, -0.1) is 0 Å². The molecule has 1 saturated carbocycles. The van der Waals surface area contributed by atoms with Gasteiger partial charge in [0.15, 0.2) is 0 Å². The number of nitrogens with zero attached hydrogens (tertiary/aromatic N) is 3. The maximum atomic E-state index is 14.2. The molecule has 2 aliphatic rings. The molecule has 11 nitrogen and oxygen atoms in total. The third-order valence-corrected chi connectivity index (χ3v) is 8.96. The SMILES string of the molecule is Cn1ncc2ccc(NC(=O)[C@@H](C3CCCCC3)N(CC(=O)NC3CCOCC3)C(=O)C(=O)c3c[nH]c4cc(F)ccc34)cc21. The van der Waals surface area contributed by atoms with Gasteiger partial charge in [-0.25, -0.2) is 4.39 Å². The second-order valence-electron chi connectivity index (χ2n) is 12.0. The number of hydrogen-bond donors (Lipinski definition) is 3. The number of amides is 3. The highest BCUT2D eigenvalue weighted by atomic mass is 19.1. The summed E-state index contributed by atoms with van der Waals surface area (Å²) in [5.74, 6) is -3.51. The van der Waals surface area contributed by atoms with Crippen LogP contribution in [0.15, 0.2) is 48.8 Å². The largest absolute Gasteiger partial charge is 0.381 e. The first-order chi connectivity index (χ1) is 21.8. The number of halogens is 1. The Morgan fingerprint density at radius 3 is 2.62 bits per heavy atom. The van der Waals surface area contributed by atoms with E-state index in [-0.39, 0.29) is 17.5 Å². The molecule has 4 aromatic rings. The number of ether oxygens (including phenoxy) is 1. The summed E-state index contributed by atoms with van der Waals surface area (Å²) in [6.45, 7) is 0.566. The van der Waals surface area contributed by atoms with E-state index < -0.39 is 41.9 Å². The lowest BCUT2D eigenvalue weighted by atomic mass is 9.82. The van der Waals surface area contributed by atoms with E-state index in [0.29, 0.717) is 55.5 Å². The standard InChI is InChI=1S/C33H37FN6O5/c1-39-28-16-24(9-7-21(28)17-36-39)38-32(43)30(20-5-3-2-4-6-20)40(19-29(41)37-23-11-13-45-14-12-23)33(44)31(42)26-18-35-27-15-22(34)8-10-25(26)27/h7-10,15-18,20,23,30,35H,2-6,11-14,19H2,1H3,(H,37,41)(H,38,43)/t30-/m1/s1. The Balaban J connectivity index is 1.34. The number of carbonyl (C=O) groups is 4. The number of nitrogens with one attached hydrogen (secondary N) is 3. The van der Waals surface area contributed by atoms with Gasteiger partial charge in [0.1, 0.15) is 18.4 Å². The summed E-state index contributed by atoms with van der Waals surface area (Å²) in [4.78, 5) is 59.7. The number of anilines is 1. The van der Waals surface area contributed by atoms with E-state index >= 15 is 0 Å². The number of ketones is 1. The molecule has 6 rings (SSSR count). The Labute approximate surface area is 259 Å². The van der Waals surface area contributed by atoms with E-state index in [9.17, 15) is 23.6 Å². The molecular weight excluding hydrogens is 579 g/mol. The number of H-pyrrole nitrogens is 1. The van der Waals surface area contributed by atoms with Gasteiger partial charge in [0, 0.05) is 54.5 Å². The molecule has 0 bridgehead atoms. The van der Waals surface area contributed by atoms with E-state index in [4.69, 9.17) is 4.74 Å². The summed E-state index contributed by atoms with van der Waals surface area (Å²) in [6, 6.07) is 8.10. The minimum Gasteiger partial charge on any atom is -0.381 e. The molecule has 0 unspecified atom stereocenters. The predicted octanol–water partition coefficient (Wildman–Crippen LogP) is 4.09. The van der Waals surface area contributed by atoms with Crippen molar-refractivity contribution in [1.29, 1.82) is 0 Å². The van der Waals surface area contributed by atoms with Crippen LogP contribution in [0.25, 0.3) is 21.8 Å². The summed E-state index contributed by atoms with van der Waals surface area (Å²) < 4.78 is 21.0. The molecule has 12 heteroatoms. The lowest BCUT2D eigenvalue weighted by Crippen LogP contribution is -2.57. The first kappa shape index (κ1) is 30.4. The second-order valence-corrected chi connectivity index (χ2v) is 12.0. The van der Waals surface area contributed by atoms with E-state index in [1.165, 1.54) is 24.4 Å². The van der Waals surface area contributed by atoms with Gasteiger partial charge < -0.3 is 25.3 Å². The number of carbonyl (C=O) groups excluding carboxylic acids is 4. The number of hydrogen-bond acceptors (Lipinski definition) is 6. The highest BCUT2D eigenvalue weighted by Gasteiger charge is 2.41. The molecule has 2 aromatic carbocycles. The van der Waals surface area contributed by atoms with Crippen molar-refractivity contribution >= 4 is 51.0 Å². The molecule has 3 heterocycles. The van der Waals surface area contributed by atoms with Crippen LogP contribution in [0.5, 0.6) is 0 Å². The molecule has 1 aliphatic heterocycles. The molecule has 1 saturated heterocycles. The van der Waals surface area contributed by atoms with Gasteiger partial charge in [0.2, 0.25) is 11.8 Å². The topological polar surface area (TPSA) is 138 Å². The third-order valence-electron chi connectivity index (χ3n) is 8.96. The Morgan fingerprint density at radius 1 is 1.07 bits per heavy atom. The Bertz CT molecular complexity index is 1740. The minimum atomic E-state index is -1.08. The summed E-state index contributed by atoms with van der Waals surface area (Å²) in [5.41, 5.74) is 1.74. The van der Waals surface area contributed by atoms with Crippen molar-refractivity contribution in [1.82, 2.24) is 25.0 Å². The number of benzene rings is 2. The maximum Gasteiger partial charge on any atom is 0.296 e. The molecule has 0 spiro atoms. The quantitative estimate of drug-likeness (QED) is 0.191. The van der Waals surface area contributed by atoms with Crippen LogP contribution in [0.1, 0.15) is 55.3 Å². The molecule has 0 radical (unpaired) electrons. The lowest BCUT2D eigenvalue weighted by molar-refractivity contribution is -0.141. The van der Waals surface area contributed by atoms with E-state index in [0.717, 1.165) is 35.1 Å².